The molecule has 1 heterocycles. The summed E-state index contributed by atoms with van der Waals surface area (Å²) >= 11 is 6.07. The Bertz CT molecular complexity index is 308. The average molecular weight is 230 g/mol. The summed E-state index contributed by atoms with van der Waals surface area (Å²) in [5.74, 6) is 0. The molecule has 1 aromatic rings. The molecule has 0 aliphatic carbocycles. The first-order chi connectivity index (χ1) is 6.70. The quantitative estimate of drug-likeness (QED) is 0.683. The molecule has 76 valence electrons. The molecule has 3 unspecified atom stereocenters. The van der Waals surface area contributed by atoms with Crippen LogP contribution in [0.1, 0.15) is 18.6 Å². The lowest BCUT2D eigenvalue weighted by molar-refractivity contribution is 0.219. The van der Waals surface area contributed by atoms with E-state index in [2.05, 4.69) is 23.7 Å². The fraction of sp³-hybridized carbons (Fsp3) is 0.400. The van der Waals surface area contributed by atoms with Gasteiger partial charge in [0.1, 0.15) is 6.10 Å². The lowest BCUT2D eigenvalue weighted by Gasteiger charge is -2.17. The Kier molecular flexibility index (Phi) is 3.08. The Morgan fingerprint density at radius 3 is 2.50 bits per heavy atom. The number of rotatable bonds is 1. The molecule has 1 aromatic carbocycles. The van der Waals surface area contributed by atoms with E-state index in [1.807, 2.05) is 25.2 Å². The second-order valence-corrected chi connectivity index (χ2v) is 5.64. The van der Waals surface area contributed by atoms with Crippen molar-refractivity contribution in [3.05, 3.63) is 35.9 Å². The topological polar surface area (TPSA) is 12.5 Å². The number of halogens is 1. The second-order valence-electron chi connectivity index (χ2n) is 3.48. The molecule has 0 saturated carbocycles. The molecule has 1 saturated heterocycles. The molecule has 2 nitrogen and oxygen atoms in total. The van der Waals surface area contributed by atoms with Gasteiger partial charge in [-0.25, -0.2) is 4.67 Å². The Balaban J connectivity index is 2.21. The fourth-order valence-electron chi connectivity index (χ4n) is 1.58. The van der Waals surface area contributed by atoms with Crippen molar-refractivity contribution in [1.29, 1.82) is 0 Å². The molecule has 0 aromatic heterocycles. The fourth-order valence-corrected chi connectivity index (χ4v) is 3.29. The minimum Gasteiger partial charge on any atom is -0.322 e. The first kappa shape index (κ1) is 10.4. The maximum atomic E-state index is 6.07. The number of hydrogen-bond acceptors (Lipinski definition) is 2. The van der Waals surface area contributed by atoms with Crippen LogP contribution in [0.25, 0.3) is 0 Å². The largest absolute Gasteiger partial charge is 0.322 e. The van der Waals surface area contributed by atoms with Gasteiger partial charge in [-0.3, -0.25) is 0 Å². The minimum absolute atomic E-state index is 0.116. The molecule has 0 radical (unpaired) electrons. The molecule has 1 aliphatic rings. The van der Waals surface area contributed by atoms with Gasteiger partial charge in [0.2, 0.25) is 7.65 Å². The van der Waals surface area contributed by atoms with Crippen LogP contribution in [-0.2, 0) is 4.52 Å². The lowest BCUT2D eigenvalue weighted by atomic mass is 10.0. The highest BCUT2D eigenvalue weighted by Gasteiger charge is 2.37. The van der Waals surface area contributed by atoms with Crippen LogP contribution in [0.5, 0.6) is 0 Å². The van der Waals surface area contributed by atoms with Crippen LogP contribution in [0, 0.1) is 0 Å². The molecule has 0 bridgehead atoms. The van der Waals surface area contributed by atoms with Crippen LogP contribution in [0.4, 0.5) is 0 Å². The Labute approximate surface area is 90.5 Å². The van der Waals surface area contributed by atoms with E-state index in [1.165, 1.54) is 5.56 Å². The van der Waals surface area contributed by atoms with Crippen LogP contribution in [-0.4, -0.2) is 17.8 Å². The number of hydrogen-bond donors (Lipinski definition) is 0. The highest BCUT2D eigenvalue weighted by Crippen LogP contribution is 2.58. The monoisotopic (exact) mass is 229 g/mol. The Hall–Kier alpha value is -0.140. The smallest absolute Gasteiger partial charge is 0.207 e. The summed E-state index contributed by atoms with van der Waals surface area (Å²) < 4.78 is 7.82. The summed E-state index contributed by atoms with van der Waals surface area (Å²) in [7, 11) is 1.08. The number of nitrogens with zero attached hydrogens (tertiary/aromatic N) is 1. The van der Waals surface area contributed by atoms with Gasteiger partial charge in [-0.1, -0.05) is 30.3 Å². The van der Waals surface area contributed by atoms with Gasteiger partial charge in [0.25, 0.3) is 0 Å². The molecule has 3 atom stereocenters. The molecule has 4 heteroatoms. The van der Waals surface area contributed by atoms with Gasteiger partial charge in [0.05, 0.1) is 0 Å². The molecule has 1 fully saturated rings. The van der Waals surface area contributed by atoms with Crippen molar-refractivity contribution in [2.45, 2.75) is 19.1 Å². The zero-order valence-electron chi connectivity index (χ0n) is 8.22. The van der Waals surface area contributed by atoms with Crippen molar-refractivity contribution in [3.8, 4) is 0 Å². The molecular weight excluding hydrogens is 217 g/mol. The van der Waals surface area contributed by atoms with E-state index in [9.17, 15) is 0 Å². The maximum absolute atomic E-state index is 6.07. The van der Waals surface area contributed by atoms with E-state index >= 15 is 0 Å². The second kappa shape index (κ2) is 4.16. The molecule has 2 rings (SSSR count). The van der Waals surface area contributed by atoms with Crippen LogP contribution in [0.15, 0.2) is 30.3 Å². The van der Waals surface area contributed by atoms with Gasteiger partial charge in [0, 0.05) is 6.04 Å². The predicted octanol–water partition coefficient (Wildman–Crippen LogP) is 3.54. The summed E-state index contributed by atoms with van der Waals surface area (Å²) in [6.45, 7) is 2.14. The van der Waals surface area contributed by atoms with Crippen molar-refractivity contribution < 1.29 is 4.52 Å². The third-order valence-electron chi connectivity index (χ3n) is 2.60. The van der Waals surface area contributed by atoms with Crippen molar-refractivity contribution in [1.82, 2.24) is 4.67 Å². The maximum Gasteiger partial charge on any atom is 0.207 e. The van der Waals surface area contributed by atoms with E-state index in [0.717, 1.165) is 0 Å². The van der Waals surface area contributed by atoms with E-state index in [-0.39, 0.29) is 6.10 Å². The summed E-state index contributed by atoms with van der Waals surface area (Å²) in [6.07, 6.45) is 0.116. The Morgan fingerprint density at radius 2 is 2.00 bits per heavy atom. The van der Waals surface area contributed by atoms with Crippen LogP contribution < -0.4 is 0 Å². The molecular formula is C10H13ClNOP. The van der Waals surface area contributed by atoms with Crippen LogP contribution >= 0.6 is 18.9 Å². The van der Waals surface area contributed by atoms with Gasteiger partial charge in [0.15, 0.2) is 0 Å². The van der Waals surface area contributed by atoms with Gasteiger partial charge < -0.3 is 4.52 Å². The number of benzene rings is 1. The third kappa shape index (κ3) is 1.80. The summed E-state index contributed by atoms with van der Waals surface area (Å²) in [5.41, 5.74) is 1.21. The van der Waals surface area contributed by atoms with Crippen molar-refractivity contribution in [2.24, 2.45) is 0 Å². The average Bonchev–Trinajstić information content (AvgIpc) is 2.47. The first-order valence-corrected chi connectivity index (χ1v) is 6.72. The number of likely N-dealkylation sites (N-methyl/N-ethyl adjacent to an activating group) is 1. The lowest BCUT2D eigenvalue weighted by Crippen LogP contribution is -2.21. The van der Waals surface area contributed by atoms with Crippen LogP contribution in [0.2, 0.25) is 0 Å². The van der Waals surface area contributed by atoms with E-state index in [1.54, 1.807) is 0 Å². The molecule has 1 aliphatic heterocycles. The third-order valence-corrected chi connectivity index (χ3v) is 4.82. The molecule has 0 amide bonds. The van der Waals surface area contributed by atoms with Gasteiger partial charge in [-0.05, 0) is 30.8 Å². The van der Waals surface area contributed by atoms with Crippen molar-refractivity contribution in [3.63, 3.8) is 0 Å². The van der Waals surface area contributed by atoms with Gasteiger partial charge >= 0.3 is 0 Å². The Morgan fingerprint density at radius 1 is 1.36 bits per heavy atom. The predicted molar refractivity (Wildman–Crippen MR) is 60.3 cm³/mol. The van der Waals surface area contributed by atoms with Gasteiger partial charge in [-0.15, -0.1) is 0 Å². The SMILES string of the molecule is CC1C(c2ccccc2)OP(Cl)N1C. The van der Waals surface area contributed by atoms with Gasteiger partial charge in [-0.2, -0.15) is 0 Å². The summed E-state index contributed by atoms with van der Waals surface area (Å²) in [5, 5.41) is 0. The standard InChI is InChI=1S/C10H13ClNOP/c1-8-10(13-14(11)12(8)2)9-6-4-3-5-7-9/h3-8,10H,1-2H3. The van der Waals surface area contributed by atoms with E-state index < -0.39 is 7.65 Å². The van der Waals surface area contributed by atoms with E-state index in [0.29, 0.717) is 6.04 Å². The minimum atomic E-state index is -0.923. The normalized spacial score (nSPS) is 33.5. The zero-order chi connectivity index (χ0) is 10.1. The highest BCUT2D eigenvalue weighted by molar-refractivity contribution is 7.78. The highest BCUT2D eigenvalue weighted by atomic mass is 35.7. The summed E-state index contributed by atoms with van der Waals surface area (Å²) in [4.78, 5) is 0. The molecule has 0 N–H and O–H groups in total. The summed E-state index contributed by atoms with van der Waals surface area (Å²) in [6, 6.07) is 10.6. The van der Waals surface area contributed by atoms with Crippen molar-refractivity contribution >= 4 is 18.9 Å². The molecule has 14 heavy (non-hydrogen) atoms. The molecule has 0 spiro atoms. The first-order valence-electron chi connectivity index (χ1n) is 4.60. The van der Waals surface area contributed by atoms with Crippen molar-refractivity contribution in [2.75, 3.05) is 7.05 Å². The zero-order valence-corrected chi connectivity index (χ0v) is 9.87. The van der Waals surface area contributed by atoms with Crippen LogP contribution in [0.3, 0.4) is 0 Å². The van der Waals surface area contributed by atoms with E-state index in [4.69, 9.17) is 15.8 Å².